The number of aromatic nitrogens is 2. The molecular weight excluding hydrogens is 248 g/mol. The number of thioether (sulfide) groups is 1. The van der Waals surface area contributed by atoms with Crippen molar-refractivity contribution >= 4 is 33.4 Å². The molecule has 0 fully saturated rings. The van der Waals surface area contributed by atoms with Crippen molar-refractivity contribution in [2.24, 2.45) is 0 Å². The zero-order chi connectivity index (χ0) is 11.7. The van der Waals surface area contributed by atoms with Crippen LogP contribution in [0.2, 0.25) is 0 Å². The molecule has 0 amide bonds. The summed E-state index contributed by atoms with van der Waals surface area (Å²) >= 11 is 3.30. The Morgan fingerprint density at radius 3 is 2.59 bits per heavy atom. The molecular formula is C13H10N2S2. The van der Waals surface area contributed by atoms with Crippen molar-refractivity contribution in [3.8, 4) is 10.6 Å². The molecule has 0 spiro atoms. The summed E-state index contributed by atoms with van der Waals surface area (Å²) in [6, 6.07) is 14.3. The van der Waals surface area contributed by atoms with Gasteiger partial charge in [0, 0.05) is 5.56 Å². The van der Waals surface area contributed by atoms with E-state index in [9.17, 15) is 0 Å². The lowest BCUT2D eigenvalue weighted by Gasteiger charge is -1.92. The fourth-order valence-electron chi connectivity index (χ4n) is 1.62. The maximum Gasteiger partial charge on any atom is 0.145 e. The highest BCUT2D eigenvalue weighted by Crippen LogP contribution is 2.29. The van der Waals surface area contributed by atoms with Crippen LogP contribution in [-0.4, -0.2) is 16.2 Å². The van der Waals surface area contributed by atoms with Gasteiger partial charge in [0.25, 0.3) is 0 Å². The Hall–Kier alpha value is -1.39. The van der Waals surface area contributed by atoms with Gasteiger partial charge in [0.1, 0.15) is 15.4 Å². The van der Waals surface area contributed by atoms with Gasteiger partial charge in [-0.05, 0) is 18.4 Å². The first kappa shape index (κ1) is 10.7. The first-order valence-electron chi connectivity index (χ1n) is 5.24. The standard InChI is InChI=1S/C13H10N2S2/c1-16-11-8-7-10-13(15-11)17-12(14-10)9-5-3-2-4-6-9/h2-8H,1H3. The fraction of sp³-hybridized carbons (Fsp3) is 0.0769. The molecule has 0 bridgehead atoms. The Labute approximate surface area is 108 Å². The van der Waals surface area contributed by atoms with E-state index >= 15 is 0 Å². The van der Waals surface area contributed by atoms with Crippen LogP contribution in [0.3, 0.4) is 0 Å². The molecule has 3 aromatic rings. The molecule has 0 saturated carbocycles. The summed E-state index contributed by atoms with van der Waals surface area (Å²) in [6.07, 6.45) is 2.04. The van der Waals surface area contributed by atoms with Crippen LogP contribution in [0.4, 0.5) is 0 Å². The van der Waals surface area contributed by atoms with Crippen LogP contribution in [-0.2, 0) is 0 Å². The Morgan fingerprint density at radius 2 is 1.82 bits per heavy atom. The lowest BCUT2D eigenvalue weighted by atomic mass is 10.2. The molecule has 0 N–H and O–H groups in total. The minimum absolute atomic E-state index is 0.978. The third-order valence-electron chi connectivity index (χ3n) is 2.46. The van der Waals surface area contributed by atoms with Crippen LogP contribution in [0.15, 0.2) is 47.5 Å². The topological polar surface area (TPSA) is 25.8 Å². The normalized spacial score (nSPS) is 10.9. The lowest BCUT2D eigenvalue weighted by Crippen LogP contribution is -1.77. The molecule has 17 heavy (non-hydrogen) atoms. The molecule has 0 atom stereocenters. The van der Waals surface area contributed by atoms with Gasteiger partial charge in [0.05, 0.1) is 5.03 Å². The molecule has 84 valence electrons. The van der Waals surface area contributed by atoms with E-state index in [1.54, 1.807) is 23.1 Å². The Kier molecular flexibility index (Phi) is 2.82. The van der Waals surface area contributed by atoms with Gasteiger partial charge < -0.3 is 0 Å². The number of hydrogen-bond donors (Lipinski definition) is 0. The van der Waals surface area contributed by atoms with Crippen LogP contribution < -0.4 is 0 Å². The summed E-state index contributed by atoms with van der Waals surface area (Å²) < 4.78 is 0. The minimum Gasteiger partial charge on any atom is -0.234 e. The molecule has 0 saturated heterocycles. The zero-order valence-electron chi connectivity index (χ0n) is 9.25. The average molecular weight is 258 g/mol. The predicted octanol–water partition coefficient (Wildman–Crippen LogP) is 4.08. The maximum absolute atomic E-state index is 4.61. The van der Waals surface area contributed by atoms with Crippen molar-refractivity contribution in [2.45, 2.75) is 5.03 Å². The van der Waals surface area contributed by atoms with Gasteiger partial charge >= 0.3 is 0 Å². The summed E-state index contributed by atoms with van der Waals surface area (Å²) in [6.45, 7) is 0. The predicted molar refractivity (Wildman–Crippen MR) is 74.6 cm³/mol. The van der Waals surface area contributed by atoms with Crippen molar-refractivity contribution in [1.82, 2.24) is 9.97 Å². The van der Waals surface area contributed by atoms with E-state index in [0.717, 1.165) is 25.9 Å². The number of thiazole rings is 1. The van der Waals surface area contributed by atoms with E-state index in [1.807, 2.05) is 36.6 Å². The highest BCUT2D eigenvalue weighted by molar-refractivity contribution is 7.98. The van der Waals surface area contributed by atoms with Crippen LogP contribution in [0.25, 0.3) is 20.9 Å². The molecule has 2 aromatic heterocycles. The van der Waals surface area contributed by atoms with Crippen LogP contribution in [0.5, 0.6) is 0 Å². The Morgan fingerprint density at radius 1 is 1.00 bits per heavy atom. The number of rotatable bonds is 2. The van der Waals surface area contributed by atoms with Crippen molar-refractivity contribution in [3.63, 3.8) is 0 Å². The second kappa shape index (κ2) is 4.47. The van der Waals surface area contributed by atoms with E-state index in [-0.39, 0.29) is 0 Å². The Balaban J connectivity index is 2.14. The summed E-state index contributed by atoms with van der Waals surface area (Å²) in [7, 11) is 0. The molecule has 3 rings (SSSR count). The molecule has 1 aromatic carbocycles. The van der Waals surface area contributed by atoms with E-state index in [4.69, 9.17) is 0 Å². The van der Waals surface area contributed by atoms with E-state index in [2.05, 4.69) is 22.1 Å². The maximum atomic E-state index is 4.61. The van der Waals surface area contributed by atoms with Crippen molar-refractivity contribution < 1.29 is 0 Å². The third kappa shape index (κ3) is 2.06. The van der Waals surface area contributed by atoms with Gasteiger partial charge in [-0.3, -0.25) is 0 Å². The van der Waals surface area contributed by atoms with Gasteiger partial charge in [0.15, 0.2) is 0 Å². The smallest absolute Gasteiger partial charge is 0.145 e. The Bertz CT molecular complexity index is 647. The number of benzene rings is 1. The molecule has 2 heterocycles. The van der Waals surface area contributed by atoms with E-state index < -0.39 is 0 Å². The molecule has 4 heteroatoms. The molecule has 0 aliphatic heterocycles. The quantitative estimate of drug-likeness (QED) is 0.648. The van der Waals surface area contributed by atoms with Crippen molar-refractivity contribution in [3.05, 3.63) is 42.5 Å². The third-order valence-corrected chi connectivity index (χ3v) is 4.12. The van der Waals surface area contributed by atoms with Crippen molar-refractivity contribution in [1.29, 1.82) is 0 Å². The molecule has 0 radical (unpaired) electrons. The fourth-order valence-corrected chi connectivity index (χ4v) is 3.01. The van der Waals surface area contributed by atoms with E-state index in [0.29, 0.717) is 0 Å². The second-order valence-corrected chi connectivity index (χ2v) is 5.37. The lowest BCUT2D eigenvalue weighted by molar-refractivity contribution is 1.20. The highest BCUT2D eigenvalue weighted by Gasteiger charge is 2.07. The van der Waals surface area contributed by atoms with Crippen LogP contribution >= 0.6 is 23.1 Å². The SMILES string of the molecule is CSc1ccc2nc(-c3ccccc3)sc2n1. The van der Waals surface area contributed by atoms with Gasteiger partial charge in [-0.25, -0.2) is 9.97 Å². The molecule has 0 unspecified atom stereocenters. The zero-order valence-corrected chi connectivity index (χ0v) is 10.9. The number of hydrogen-bond acceptors (Lipinski definition) is 4. The molecule has 2 nitrogen and oxygen atoms in total. The average Bonchev–Trinajstić information content (AvgIpc) is 2.82. The highest BCUT2D eigenvalue weighted by atomic mass is 32.2. The van der Waals surface area contributed by atoms with Crippen molar-refractivity contribution in [2.75, 3.05) is 6.26 Å². The van der Waals surface area contributed by atoms with Crippen LogP contribution in [0.1, 0.15) is 0 Å². The first-order valence-corrected chi connectivity index (χ1v) is 7.28. The van der Waals surface area contributed by atoms with Gasteiger partial charge in [-0.2, -0.15) is 0 Å². The van der Waals surface area contributed by atoms with Gasteiger partial charge in [-0.1, -0.05) is 41.7 Å². The van der Waals surface area contributed by atoms with E-state index in [1.165, 1.54) is 0 Å². The van der Waals surface area contributed by atoms with Gasteiger partial charge in [-0.15, -0.1) is 11.8 Å². The molecule has 0 aliphatic rings. The number of pyridine rings is 1. The largest absolute Gasteiger partial charge is 0.234 e. The minimum atomic E-state index is 0.978. The molecule has 0 aliphatic carbocycles. The summed E-state index contributed by atoms with van der Waals surface area (Å²) in [5.41, 5.74) is 2.13. The first-order chi connectivity index (χ1) is 8.36. The summed E-state index contributed by atoms with van der Waals surface area (Å²) in [5, 5.41) is 2.08. The second-order valence-electron chi connectivity index (χ2n) is 3.56. The summed E-state index contributed by atoms with van der Waals surface area (Å²) in [4.78, 5) is 10.2. The van der Waals surface area contributed by atoms with Gasteiger partial charge in [0.2, 0.25) is 0 Å². The number of fused-ring (bicyclic) bond motifs is 1. The summed E-state index contributed by atoms with van der Waals surface area (Å²) in [5.74, 6) is 0. The van der Waals surface area contributed by atoms with Crippen LogP contribution in [0, 0.1) is 0 Å². The monoisotopic (exact) mass is 258 g/mol. The number of nitrogens with zero attached hydrogens (tertiary/aromatic N) is 2.